The molecule has 0 aliphatic carbocycles. The van der Waals surface area contributed by atoms with Gasteiger partial charge in [0.05, 0.1) is 11.4 Å². The zero-order valence-electron chi connectivity index (χ0n) is 22.7. The second kappa shape index (κ2) is 11.3. The minimum absolute atomic E-state index is 0.276. The van der Waals surface area contributed by atoms with Crippen LogP contribution in [-0.4, -0.2) is 21.3 Å². The fourth-order valence-electron chi connectivity index (χ4n) is 4.85. The van der Waals surface area contributed by atoms with E-state index in [0.717, 1.165) is 33.6 Å². The van der Waals surface area contributed by atoms with Crippen molar-refractivity contribution >= 4 is 46.2 Å². The van der Waals surface area contributed by atoms with Crippen molar-refractivity contribution in [1.82, 2.24) is 20.9 Å². The molecule has 1 atom stereocenters. The number of nitrogens with one attached hydrogen (secondary N) is 4. The van der Waals surface area contributed by atoms with Crippen LogP contribution in [0, 0.1) is 0 Å². The van der Waals surface area contributed by atoms with Gasteiger partial charge in [0.25, 0.3) is 0 Å². The average Bonchev–Trinajstić information content (AvgIpc) is 3.33. The molecule has 6 N–H and O–H groups in total. The second-order valence-corrected chi connectivity index (χ2v) is 10.3. The summed E-state index contributed by atoms with van der Waals surface area (Å²) < 4.78 is 0. The number of hydrazine groups is 1. The molecule has 2 heterocycles. The molecule has 5 aromatic rings. The Morgan fingerprint density at radius 1 is 0.810 bits per heavy atom. The van der Waals surface area contributed by atoms with Crippen molar-refractivity contribution < 1.29 is 4.79 Å². The molecule has 4 aromatic carbocycles. The minimum Gasteiger partial charge on any atom is -0.399 e. The number of carbonyl (C=O) groups excluding carboxylic acids is 1. The number of hydrogen-bond donors (Lipinski definition) is 5. The molecule has 1 aromatic heterocycles. The van der Waals surface area contributed by atoms with Gasteiger partial charge in [-0.1, -0.05) is 78.9 Å². The number of thiocarbonyl (C=S) groups is 1. The highest BCUT2D eigenvalue weighted by atomic mass is 32.1. The molecule has 1 saturated heterocycles. The largest absolute Gasteiger partial charge is 0.399 e. The van der Waals surface area contributed by atoms with Crippen LogP contribution < -0.4 is 32.1 Å². The van der Waals surface area contributed by atoms with Crippen molar-refractivity contribution in [2.45, 2.75) is 12.6 Å². The van der Waals surface area contributed by atoms with Crippen molar-refractivity contribution in [3.8, 4) is 22.4 Å². The molecule has 0 radical (unpaired) electrons. The standard InChI is InChI=1S/C32H28N8OS/c1-32(22-15-17-23(33)18-16-22)36-31(41)40(39-32)28-14-8-6-12-25(28)24-11-5-7-13-27(24)34-30(42)35-29-20-19-26(37-38-29)21-9-3-2-4-10-21/h2-20,39H,33H2,1H3,(H,36,41)(H2,34,35,38,42). The van der Waals surface area contributed by atoms with E-state index in [4.69, 9.17) is 18.0 Å². The highest BCUT2D eigenvalue weighted by molar-refractivity contribution is 7.80. The summed E-state index contributed by atoms with van der Waals surface area (Å²) in [5, 5.41) is 19.9. The minimum atomic E-state index is -0.821. The Kier molecular flexibility index (Phi) is 7.22. The number of urea groups is 1. The summed E-state index contributed by atoms with van der Waals surface area (Å²) in [6.45, 7) is 1.91. The highest BCUT2D eigenvalue weighted by Gasteiger charge is 2.41. The van der Waals surface area contributed by atoms with E-state index in [0.29, 0.717) is 22.3 Å². The molecular weight excluding hydrogens is 544 g/mol. The molecule has 42 heavy (non-hydrogen) atoms. The van der Waals surface area contributed by atoms with Crippen molar-refractivity contribution in [2.24, 2.45) is 0 Å². The number of benzene rings is 4. The first kappa shape index (κ1) is 26.9. The molecule has 208 valence electrons. The van der Waals surface area contributed by atoms with Gasteiger partial charge in [-0.25, -0.2) is 9.80 Å². The number of nitrogens with zero attached hydrogens (tertiary/aromatic N) is 3. The Balaban J connectivity index is 1.23. The van der Waals surface area contributed by atoms with Crippen molar-refractivity contribution in [1.29, 1.82) is 0 Å². The predicted octanol–water partition coefficient (Wildman–Crippen LogP) is 6.11. The van der Waals surface area contributed by atoms with E-state index in [-0.39, 0.29) is 6.03 Å². The molecule has 6 rings (SSSR count). The van der Waals surface area contributed by atoms with Gasteiger partial charge >= 0.3 is 6.03 Å². The van der Waals surface area contributed by atoms with Crippen LogP contribution in [0.1, 0.15) is 12.5 Å². The lowest BCUT2D eigenvalue weighted by molar-refractivity contribution is 0.248. The fraction of sp³-hybridized carbons (Fsp3) is 0.0625. The number of anilines is 4. The predicted molar refractivity (Wildman–Crippen MR) is 172 cm³/mol. The van der Waals surface area contributed by atoms with E-state index < -0.39 is 5.66 Å². The summed E-state index contributed by atoms with van der Waals surface area (Å²) in [4.78, 5) is 13.3. The highest BCUT2D eigenvalue weighted by Crippen LogP contribution is 2.37. The van der Waals surface area contributed by atoms with Crippen LogP contribution in [0.15, 0.2) is 115 Å². The maximum absolute atomic E-state index is 13.3. The summed E-state index contributed by atoms with van der Waals surface area (Å²) >= 11 is 5.62. The van der Waals surface area contributed by atoms with E-state index in [1.807, 2.05) is 122 Å². The lowest BCUT2D eigenvalue weighted by Crippen LogP contribution is -2.45. The molecule has 0 saturated carbocycles. The van der Waals surface area contributed by atoms with Crippen LogP contribution in [0.3, 0.4) is 0 Å². The zero-order valence-corrected chi connectivity index (χ0v) is 23.5. The number of amides is 2. The maximum atomic E-state index is 13.3. The number of carbonyl (C=O) groups is 1. The Labute approximate surface area is 248 Å². The molecule has 1 aliphatic rings. The molecule has 2 amide bonds. The molecule has 1 aliphatic heterocycles. The summed E-state index contributed by atoms with van der Waals surface area (Å²) in [5.74, 6) is 0.518. The summed E-state index contributed by atoms with van der Waals surface area (Å²) in [7, 11) is 0. The number of rotatable bonds is 6. The molecule has 0 bridgehead atoms. The lowest BCUT2D eigenvalue weighted by atomic mass is 10.0. The Bertz CT molecular complexity index is 1750. The van der Waals surface area contributed by atoms with E-state index in [9.17, 15) is 4.79 Å². The number of nitrogen functional groups attached to an aromatic ring is 1. The first-order chi connectivity index (χ1) is 20.4. The lowest BCUT2D eigenvalue weighted by Gasteiger charge is -2.26. The third-order valence-electron chi connectivity index (χ3n) is 6.97. The molecule has 9 nitrogen and oxygen atoms in total. The van der Waals surface area contributed by atoms with Crippen LogP contribution >= 0.6 is 12.2 Å². The van der Waals surface area contributed by atoms with Gasteiger partial charge in [-0.15, -0.1) is 10.2 Å². The Morgan fingerprint density at radius 3 is 2.24 bits per heavy atom. The average molecular weight is 573 g/mol. The van der Waals surface area contributed by atoms with Gasteiger partial charge in [0.1, 0.15) is 5.66 Å². The van der Waals surface area contributed by atoms with Crippen LogP contribution in [0.5, 0.6) is 0 Å². The SMILES string of the molecule is CC1(c2ccc(N)cc2)NC(=O)N(c2ccccc2-c2ccccc2NC(=S)Nc2ccc(-c3ccccc3)nn2)N1. The van der Waals surface area contributed by atoms with Crippen LogP contribution in [0.4, 0.5) is 27.7 Å². The Hall–Kier alpha value is -5.32. The van der Waals surface area contributed by atoms with Crippen LogP contribution in [0.2, 0.25) is 0 Å². The normalized spacial score (nSPS) is 16.1. The zero-order chi connectivity index (χ0) is 29.1. The van der Waals surface area contributed by atoms with Crippen molar-refractivity contribution in [3.63, 3.8) is 0 Å². The van der Waals surface area contributed by atoms with Crippen LogP contribution in [0.25, 0.3) is 22.4 Å². The molecule has 0 spiro atoms. The molecule has 10 heteroatoms. The van der Waals surface area contributed by atoms with Crippen molar-refractivity contribution in [3.05, 3.63) is 121 Å². The maximum Gasteiger partial charge on any atom is 0.338 e. The first-order valence-electron chi connectivity index (χ1n) is 13.3. The fourth-order valence-corrected chi connectivity index (χ4v) is 5.06. The van der Waals surface area contributed by atoms with Gasteiger partial charge < -0.3 is 21.7 Å². The number of hydrogen-bond acceptors (Lipinski definition) is 6. The smallest absolute Gasteiger partial charge is 0.338 e. The summed E-state index contributed by atoms with van der Waals surface area (Å²) in [5.41, 5.74) is 14.8. The number of aromatic nitrogens is 2. The third kappa shape index (κ3) is 5.49. The summed E-state index contributed by atoms with van der Waals surface area (Å²) in [6, 6.07) is 36.2. The topological polar surface area (TPSA) is 120 Å². The first-order valence-corrected chi connectivity index (χ1v) is 13.7. The van der Waals surface area contributed by atoms with E-state index >= 15 is 0 Å². The van der Waals surface area contributed by atoms with Crippen molar-refractivity contribution in [2.75, 3.05) is 21.4 Å². The molecule has 1 fully saturated rings. The number of nitrogens with two attached hydrogens (primary N) is 1. The molecular formula is C32H28N8OS. The third-order valence-corrected chi connectivity index (χ3v) is 7.17. The Morgan fingerprint density at radius 2 is 1.50 bits per heavy atom. The summed E-state index contributed by atoms with van der Waals surface area (Å²) in [6.07, 6.45) is 0. The second-order valence-electron chi connectivity index (χ2n) is 9.94. The van der Waals surface area contributed by atoms with Gasteiger partial charge in [-0.3, -0.25) is 0 Å². The van der Waals surface area contributed by atoms with Gasteiger partial charge in [0.15, 0.2) is 10.9 Å². The molecule has 1 unspecified atom stereocenters. The monoisotopic (exact) mass is 572 g/mol. The quantitative estimate of drug-likeness (QED) is 0.122. The van der Waals surface area contributed by atoms with Crippen LogP contribution in [-0.2, 0) is 5.66 Å². The van der Waals surface area contributed by atoms with E-state index in [2.05, 4.69) is 31.6 Å². The van der Waals surface area contributed by atoms with Gasteiger partial charge in [0, 0.05) is 28.1 Å². The van der Waals surface area contributed by atoms with Gasteiger partial charge in [0.2, 0.25) is 0 Å². The van der Waals surface area contributed by atoms with E-state index in [1.54, 1.807) is 0 Å². The number of para-hydroxylation sites is 2. The van der Waals surface area contributed by atoms with E-state index in [1.165, 1.54) is 5.01 Å². The van der Waals surface area contributed by atoms with Gasteiger partial charge in [-0.2, -0.15) is 5.43 Å². The van der Waals surface area contributed by atoms with Gasteiger partial charge in [-0.05, 0) is 61.1 Å².